The lowest BCUT2D eigenvalue weighted by atomic mass is 10.1. The van der Waals surface area contributed by atoms with Gasteiger partial charge in [0.25, 0.3) is 0 Å². The largest absolute Gasteiger partial charge is 0.337 e. The summed E-state index contributed by atoms with van der Waals surface area (Å²) in [6, 6.07) is 8.34. The van der Waals surface area contributed by atoms with Crippen molar-refractivity contribution in [3.8, 4) is 0 Å². The van der Waals surface area contributed by atoms with Gasteiger partial charge in [0, 0.05) is 29.2 Å². The van der Waals surface area contributed by atoms with Crippen LogP contribution < -0.4 is 0 Å². The molecule has 2 nitrogen and oxygen atoms in total. The lowest BCUT2D eigenvalue weighted by molar-refractivity contribution is 0.589. The van der Waals surface area contributed by atoms with Crippen LogP contribution in [0.2, 0.25) is 5.02 Å². The lowest BCUT2D eigenvalue weighted by Gasteiger charge is -2.39. The minimum atomic E-state index is 0.260. The average Bonchev–Trinajstić information content (AvgIpc) is 3.01. The van der Waals surface area contributed by atoms with E-state index >= 15 is 0 Å². The molecule has 0 bridgehead atoms. The van der Waals surface area contributed by atoms with Crippen LogP contribution in [0.15, 0.2) is 43.0 Å². The van der Waals surface area contributed by atoms with Crippen molar-refractivity contribution in [3.63, 3.8) is 0 Å². The summed E-state index contributed by atoms with van der Waals surface area (Å²) in [7, 11) is 0. The van der Waals surface area contributed by atoms with Crippen LogP contribution in [0.1, 0.15) is 25.3 Å². The molecule has 1 fully saturated rings. The van der Waals surface area contributed by atoms with Crippen LogP contribution in [-0.2, 0) is 13.0 Å². The van der Waals surface area contributed by atoms with E-state index in [0.29, 0.717) is 0 Å². The summed E-state index contributed by atoms with van der Waals surface area (Å²) < 4.78 is 2.44. The second-order valence-electron chi connectivity index (χ2n) is 5.83. The van der Waals surface area contributed by atoms with E-state index in [4.69, 9.17) is 11.6 Å². The summed E-state index contributed by atoms with van der Waals surface area (Å²) in [5.41, 5.74) is 1.38. The first-order valence-corrected chi connectivity index (χ1v) is 9.91. The molecule has 5 heteroatoms. The Morgan fingerprint density at radius 2 is 2.18 bits per heavy atom. The van der Waals surface area contributed by atoms with Crippen LogP contribution in [0.4, 0.5) is 0 Å². The highest BCUT2D eigenvalue weighted by Crippen LogP contribution is 2.50. The van der Waals surface area contributed by atoms with Gasteiger partial charge in [-0.2, -0.15) is 0 Å². The summed E-state index contributed by atoms with van der Waals surface area (Å²) in [5, 5.41) is 1.55. The van der Waals surface area contributed by atoms with Gasteiger partial charge in [-0.05, 0) is 42.7 Å². The Labute approximate surface area is 146 Å². The highest BCUT2D eigenvalue weighted by Gasteiger charge is 2.36. The standard InChI is InChI=1S/C17H21ClN2S2/c1-14-6-11-21-17(22-14,7-9-20-10-8-19-13-20)12-15-2-4-16(18)5-3-15/h2-5,8,10,13-14H,6-7,9,11-12H2,1H3. The Kier molecular flexibility index (Phi) is 5.42. The lowest BCUT2D eigenvalue weighted by Crippen LogP contribution is -2.32. The third kappa shape index (κ3) is 4.24. The van der Waals surface area contributed by atoms with Crippen molar-refractivity contribution in [3.05, 3.63) is 53.6 Å². The van der Waals surface area contributed by atoms with Crippen molar-refractivity contribution in [1.29, 1.82) is 0 Å². The number of aryl methyl sites for hydroxylation is 1. The molecule has 0 amide bonds. The van der Waals surface area contributed by atoms with E-state index in [-0.39, 0.29) is 4.08 Å². The second-order valence-corrected chi connectivity index (χ2v) is 9.83. The zero-order valence-corrected chi connectivity index (χ0v) is 15.1. The van der Waals surface area contributed by atoms with E-state index in [1.54, 1.807) is 0 Å². The number of imidazole rings is 1. The van der Waals surface area contributed by atoms with Crippen molar-refractivity contribution < 1.29 is 0 Å². The number of hydrogen-bond donors (Lipinski definition) is 0. The molecule has 2 heterocycles. The van der Waals surface area contributed by atoms with Gasteiger partial charge in [-0.15, -0.1) is 23.5 Å². The number of benzene rings is 1. The Morgan fingerprint density at radius 1 is 1.36 bits per heavy atom. The van der Waals surface area contributed by atoms with Crippen LogP contribution in [-0.4, -0.2) is 24.6 Å². The Hall–Kier alpha value is -0.580. The van der Waals surface area contributed by atoms with Crippen molar-refractivity contribution >= 4 is 35.1 Å². The third-order valence-electron chi connectivity index (χ3n) is 4.00. The van der Waals surface area contributed by atoms with E-state index in [1.165, 1.54) is 17.7 Å². The number of halogens is 1. The Balaban J connectivity index is 1.74. The molecule has 22 heavy (non-hydrogen) atoms. The van der Waals surface area contributed by atoms with Crippen LogP contribution >= 0.6 is 35.1 Å². The summed E-state index contributed by atoms with van der Waals surface area (Å²) in [5.74, 6) is 1.26. The molecular formula is C17H21ClN2S2. The minimum Gasteiger partial charge on any atom is -0.337 e. The van der Waals surface area contributed by atoms with Crippen LogP contribution in [0.25, 0.3) is 0 Å². The molecule has 0 saturated carbocycles. The summed E-state index contributed by atoms with van der Waals surface area (Å²) in [6.07, 6.45) is 9.39. The maximum absolute atomic E-state index is 6.02. The number of rotatable bonds is 5. The molecule has 1 aromatic carbocycles. The molecule has 3 rings (SSSR count). The van der Waals surface area contributed by atoms with Gasteiger partial charge in [-0.1, -0.05) is 30.7 Å². The molecule has 2 aromatic rings. The van der Waals surface area contributed by atoms with Gasteiger partial charge >= 0.3 is 0 Å². The summed E-state index contributed by atoms with van der Waals surface area (Å²) >= 11 is 10.3. The number of thioether (sulfide) groups is 2. The van der Waals surface area contributed by atoms with Crippen LogP contribution in [0.5, 0.6) is 0 Å². The van der Waals surface area contributed by atoms with Crippen LogP contribution in [0, 0.1) is 0 Å². The first kappa shape index (κ1) is 16.3. The fraction of sp³-hybridized carbons (Fsp3) is 0.471. The Morgan fingerprint density at radius 3 is 2.86 bits per heavy atom. The van der Waals surface area contributed by atoms with Gasteiger partial charge in [-0.3, -0.25) is 0 Å². The molecule has 1 aliphatic heterocycles. The molecule has 1 aromatic heterocycles. The molecule has 0 aliphatic carbocycles. The molecule has 0 N–H and O–H groups in total. The normalized spacial score (nSPS) is 25.3. The van der Waals surface area contributed by atoms with Gasteiger partial charge in [-0.25, -0.2) is 4.98 Å². The van der Waals surface area contributed by atoms with E-state index in [9.17, 15) is 0 Å². The maximum atomic E-state index is 6.02. The molecule has 1 aliphatic rings. The predicted octanol–water partition coefficient (Wildman–Crippen LogP) is 5.12. The zero-order valence-electron chi connectivity index (χ0n) is 12.7. The second kappa shape index (κ2) is 7.33. The van der Waals surface area contributed by atoms with Crippen molar-refractivity contribution in [2.45, 2.75) is 42.1 Å². The van der Waals surface area contributed by atoms with Gasteiger partial charge in [0.15, 0.2) is 0 Å². The predicted molar refractivity (Wildman–Crippen MR) is 98.9 cm³/mol. The molecular weight excluding hydrogens is 332 g/mol. The van der Waals surface area contributed by atoms with E-state index < -0.39 is 0 Å². The molecule has 1 saturated heterocycles. The SMILES string of the molecule is CC1CCSC(CCn2ccnc2)(Cc2ccc(Cl)cc2)S1. The van der Waals surface area contributed by atoms with Gasteiger partial charge in [0.2, 0.25) is 0 Å². The average molecular weight is 353 g/mol. The zero-order chi connectivity index (χ0) is 15.4. The number of aromatic nitrogens is 2. The summed E-state index contributed by atoms with van der Waals surface area (Å²) in [4.78, 5) is 4.15. The Bertz CT molecular complexity index is 585. The fourth-order valence-electron chi connectivity index (χ4n) is 2.81. The minimum absolute atomic E-state index is 0.260. The molecule has 2 atom stereocenters. The van der Waals surface area contributed by atoms with Crippen molar-refractivity contribution in [2.24, 2.45) is 0 Å². The fourth-order valence-corrected chi connectivity index (χ4v) is 6.88. The maximum Gasteiger partial charge on any atom is 0.0945 e. The molecule has 118 valence electrons. The van der Waals surface area contributed by atoms with Crippen LogP contribution in [0.3, 0.4) is 0 Å². The molecule has 0 spiro atoms. The van der Waals surface area contributed by atoms with Crippen molar-refractivity contribution in [1.82, 2.24) is 9.55 Å². The summed E-state index contributed by atoms with van der Waals surface area (Å²) in [6.45, 7) is 3.39. The van der Waals surface area contributed by atoms with Crippen molar-refractivity contribution in [2.75, 3.05) is 5.75 Å². The number of nitrogens with zero attached hydrogens (tertiary/aromatic N) is 2. The van der Waals surface area contributed by atoms with E-state index in [1.807, 2.05) is 24.7 Å². The topological polar surface area (TPSA) is 17.8 Å². The highest BCUT2D eigenvalue weighted by molar-refractivity contribution is 8.19. The van der Waals surface area contributed by atoms with Gasteiger partial charge in [0.1, 0.15) is 0 Å². The van der Waals surface area contributed by atoms with E-state index in [2.05, 4.69) is 58.3 Å². The smallest absolute Gasteiger partial charge is 0.0945 e. The third-order valence-corrected chi connectivity index (χ3v) is 7.63. The quantitative estimate of drug-likeness (QED) is 0.743. The van der Waals surface area contributed by atoms with Gasteiger partial charge in [0.05, 0.1) is 10.4 Å². The monoisotopic (exact) mass is 352 g/mol. The first-order valence-electron chi connectivity index (χ1n) is 7.67. The molecule has 0 radical (unpaired) electrons. The first-order chi connectivity index (χ1) is 10.7. The molecule has 2 unspecified atom stereocenters. The van der Waals surface area contributed by atoms with E-state index in [0.717, 1.165) is 29.7 Å². The highest BCUT2D eigenvalue weighted by atomic mass is 35.5. The van der Waals surface area contributed by atoms with Gasteiger partial charge < -0.3 is 4.57 Å². The number of hydrogen-bond acceptors (Lipinski definition) is 3.